The highest BCUT2D eigenvalue weighted by Crippen LogP contribution is 2.30. The highest BCUT2D eigenvalue weighted by Gasteiger charge is 2.21. The van der Waals surface area contributed by atoms with Gasteiger partial charge >= 0.3 is 0 Å². The summed E-state index contributed by atoms with van der Waals surface area (Å²) in [6, 6.07) is 12.8. The number of hydrogen-bond acceptors (Lipinski definition) is 7. The van der Waals surface area contributed by atoms with Crippen molar-refractivity contribution >= 4 is 22.9 Å². The van der Waals surface area contributed by atoms with Crippen molar-refractivity contribution in [1.29, 1.82) is 0 Å². The van der Waals surface area contributed by atoms with Gasteiger partial charge in [0.2, 0.25) is 0 Å². The summed E-state index contributed by atoms with van der Waals surface area (Å²) in [5.74, 6) is 2.99. The number of carbonyl (C=O) groups is 1. The van der Waals surface area contributed by atoms with Gasteiger partial charge in [0, 0.05) is 37.5 Å². The molecule has 1 aromatic carbocycles. The summed E-state index contributed by atoms with van der Waals surface area (Å²) in [7, 11) is 3.99. The molecule has 0 radical (unpaired) electrons. The second-order valence-electron chi connectivity index (χ2n) is 9.41. The number of ketones is 1. The Labute approximate surface area is 212 Å². The Morgan fingerprint density at radius 3 is 2.80 bits per heavy atom. The van der Waals surface area contributed by atoms with Gasteiger partial charge in [-0.3, -0.25) is 4.79 Å². The summed E-state index contributed by atoms with van der Waals surface area (Å²) >= 11 is 1.74. The molecule has 1 unspecified atom stereocenters. The van der Waals surface area contributed by atoms with E-state index in [1.807, 2.05) is 21.0 Å². The highest BCUT2D eigenvalue weighted by atomic mass is 32.1. The monoisotopic (exact) mass is 492 g/mol. The third kappa shape index (κ3) is 6.89. The van der Waals surface area contributed by atoms with Crippen molar-refractivity contribution in [3.05, 3.63) is 69.8 Å². The summed E-state index contributed by atoms with van der Waals surface area (Å²) < 4.78 is 6.35. The minimum absolute atomic E-state index is 0.0604. The van der Waals surface area contributed by atoms with E-state index in [1.54, 1.807) is 17.5 Å². The molecule has 0 aliphatic carbocycles. The number of rotatable bonds is 8. The van der Waals surface area contributed by atoms with Crippen molar-refractivity contribution < 1.29 is 9.53 Å². The first-order valence-electron chi connectivity index (χ1n) is 12.5. The lowest BCUT2D eigenvalue weighted by molar-refractivity contribution is 0.0971. The highest BCUT2D eigenvalue weighted by molar-refractivity contribution is 7.10. The molecule has 186 valence electrons. The number of ether oxygens (including phenoxy) is 1. The zero-order valence-corrected chi connectivity index (χ0v) is 21.8. The van der Waals surface area contributed by atoms with Crippen molar-refractivity contribution in [2.75, 3.05) is 32.1 Å². The molecular formula is C28H36N4O2S. The molecule has 4 rings (SSSR count). The van der Waals surface area contributed by atoms with E-state index in [1.165, 1.54) is 10.4 Å². The normalized spacial score (nSPS) is 17.6. The zero-order chi connectivity index (χ0) is 24.6. The van der Waals surface area contributed by atoms with Crippen LogP contribution >= 0.6 is 11.3 Å². The Bertz CT molecular complexity index is 1080. The third-order valence-corrected chi connectivity index (χ3v) is 7.64. The van der Waals surface area contributed by atoms with Crippen molar-refractivity contribution in [2.24, 2.45) is 5.92 Å². The fraction of sp³-hybridized carbons (Fsp3) is 0.464. The number of hydrogen-bond donors (Lipinski definition) is 1. The van der Waals surface area contributed by atoms with Crippen molar-refractivity contribution in [1.82, 2.24) is 15.3 Å². The number of nitrogens with one attached hydrogen (secondary N) is 1. The van der Waals surface area contributed by atoms with E-state index in [4.69, 9.17) is 4.74 Å². The molecule has 0 spiro atoms. The number of thiophene rings is 1. The molecule has 35 heavy (non-hydrogen) atoms. The largest absolute Gasteiger partial charge is 0.485 e. The lowest BCUT2D eigenvalue weighted by Gasteiger charge is -2.25. The summed E-state index contributed by atoms with van der Waals surface area (Å²) in [5, 5.41) is 5.32. The minimum atomic E-state index is 0.0604. The molecule has 0 amide bonds. The van der Waals surface area contributed by atoms with Gasteiger partial charge in [0.05, 0.1) is 5.56 Å². The van der Waals surface area contributed by atoms with E-state index >= 15 is 0 Å². The molecule has 1 aliphatic rings. The van der Waals surface area contributed by atoms with Gasteiger partial charge in [0.1, 0.15) is 23.5 Å². The summed E-state index contributed by atoms with van der Waals surface area (Å²) in [5.41, 5.74) is 1.95. The van der Waals surface area contributed by atoms with E-state index < -0.39 is 0 Å². The SMILES string of the molecule is CNCC[C@@H](Oc1ccc(CC2CCCN(C)c3nc(C)ncc3C(=O)CC2)cc1)c1cccs1. The Balaban J connectivity index is 1.39. The molecule has 1 N–H and O–H groups in total. The van der Waals surface area contributed by atoms with Gasteiger partial charge in [-0.25, -0.2) is 9.97 Å². The van der Waals surface area contributed by atoms with Crippen LogP contribution in [0.15, 0.2) is 48.0 Å². The number of anilines is 1. The molecule has 2 atom stereocenters. The molecule has 0 saturated heterocycles. The standard InChI is InChI=1S/C28H36N4O2S/c1-20-30-19-24-25(33)13-10-21(6-4-16-32(3)28(24)31-20)18-22-8-11-23(12-9-22)34-26(14-15-29-2)27-7-5-17-35-27/h5,7-9,11-12,17,19,21,26,29H,4,6,10,13-16,18H2,1-3H3/t21?,26-/m1/s1. The lowest BCUT2D eigenvalue weighted by Crippen LogP contribution is -2.25. The molecule has 2 aromatic heterocycles. The van der Waals surface area contributed by atoms with Crippen LogP contribution in [0.2, 0.25) is 0 Å². The Morgan fingerprint density at radius 1 is 1.23 bits per heavy atom. The van der Waals surface area contributed by atoms with Crippen LogP contribution in [-0.4, -0.2) is 42.9 Å². The Hall–Kier alpha value is -2.77. The number of benzene rings is 1. The van der Waals surface area contributed by atoms with Crippen molar-refractivity contribution in [3.63, 3.8) is 0 Å². The number of aromatic nitrogens is 2. The van der Waals surface area contributed by atoms with Crippen LogP contribution < -0.4 is 15.0 Å². The molecular weight excluding hydrogens is 456 g/mol. The predicted octanol–water partition coefficient (Wildman–Crippen LogP) is 5.63. The van der Waals surface area contributed by atoms with Gasteiger partial charge in [-0.15, -0.1) is 11.3 Å². The molecule has 3 heterocycles. The predicted molar refractivity (Wildman–Crippen MR) is 143 cm³/mol. The van der Waals surface area contributed by atoms with Crippen LogP contribution in [0.3, 0.4) is 0 Å². The lowest BCUT2D eigenvalue weighted by atomic mass is 9.88. The maximum Gasteiger partial charge on any atom is 0.168 e. The first-order chi connectivity index (χ1) is 17.0. The maximum absolute atomic E-state index is 13.0. The van der Waals surface area contributed by atoms with Crippen LogP contribution in [-0.2, 0) is 6.42 Å². The van der Waals surface area contributed by atoms with Gasteiger partial charge in [-0.1, -0.05) is 18.2 Å². The average molecular weight is 493 g/mol. The average Bonchev–Trinajstić information content (AvgIpc) is 3.40. The van der Waals surface area contributed by atoms with Crippen LogP contribution in [0.4, 0.5) is 5.82 Å². The van der Waals surface area contributed by atoms with E-state index in [9.17, 15) is 4.79 Å². The molecule has 7 heteroatoms. The fourth-order valence-corrected chi connectivity index (χ4v) is 5.49. The molecule has 0 saturated carbocycles. The first-order valence-corrected chi connectivity index (χ1v) is 13.4. The number of carbonyl (C=O) groups excluding carboxylic acids is 1. The van der Waals surface area contributed by atoms with Crippen molar-refractivity contribution in [2.45, 2.75) is 51.6 Å². The van der Waals surface area contributed by atoms with Crippen LogP contribution in [0, 0.1) is 12.8 Å². The van der Waals surface area contributed by atoms with E-state index in [2.05, 4.69) is 62.0 Å². The molecule has 1 aliphatic heterocycles. The Kier molecular flexibility index (Phi) is 8.88. The van der Waals surface area contributed by atoms with Gasteiger partial charge in [-0.2, -0.15) is 0 Å². The number of Topliss-reactive ketones (excluding diaryl/α,β-unsaturated/α-hetero) is 1. The summed E-state index contributed by atoms with van der Waals surface area (Å²) in [6.07, 6.45) is 7.26. The summed E-state index contributed by atoms with van der Waals surface area (Å²) in [6.45, 7) is 3.66. The number of fused-ring (bicyclic) bond motifs is 1. The fourth-order valence-electron chi connectivity index (χ4n) is 4.70. The second kappa shape index (κ2) is 12.3. The zero-order valence-electron chi connectivity index (χ0n) is 21.0. The second-order valence-corrected chi connectivity index (χ2v) is 10.4. The van der Waals surface area contributed by atoms with E-state index in [0.717, 1.165) is 56.8 Å². The molecule has 0 fully saturated rings. The van der Waals surface area contributed by atoms with Gasteiger partial charge in [0.25, 0.3) is 0 Å². The van der Waals surface area contributed by atoms with Crippen molar-refractivity contribution in [3.8, 4) is 5.75 Å². The van der Waals surface area contributed by atoms with E-state index in [-0.39, 0.29) is 11.9 Å². The van der Waals surface area contributed by atoms with Gasteiger partial charge in [-0.05, 0) is 81.3 Å². The quantitative estimate of drug-likeness (QED) is 0.440. The molecule has 6 nitrogen and oxygen atoms in total. The minimum Gasteiger partial charge on any atom is -0.485 e. The summed E-state index contributed by atoms with van der Waals surface area (Å²) in [4.78, 5) is 25.2. The smallest absolute Gasteiger partial charge is 0.168 e. The first kappa shape index (κ1) is 25.3. The molecule has 3 aromatic rings. The number of nitrogens with zero attached hydrogens (tertiary/aromatic N) is 3. The van der Waals surface area contributed by atoms with Crippen LogP contribution in [0.1, 0.15) is 64.8 Å². The van der Waals surface area contributed by atoms with Crippen LogP contribution in [0.25, 0.3) is 0 Å². The Morgan fingerprint density at radius 2 is 2.06 bits per heavy atom. The van der Waals surface area contributed by atoms with Gasteiger partial charge < -0.3 is 15.0 Å². The van der Waals surface area contributed by atoms with Crippen LogP contribution in [0.5, 0.6) is 5.75 Å². The van der Waals surface area contributed by atoms with E-state index in [0.29, 0.717) is 23.7 Å². The topological polar surface area (TPSA) is 67.3 Å². The van der Waals surface area contributed by atoms with Gasteiger partial charge in [0.15, 0.2) is 5.78 Å². The number of aryl methyl sites for hydroxylation is 1. The third-order valence-electron chi connectivity index (χ3n) is 6.68. The maximum atomic E-state index is 13.0. The molecule has 0 bridgehead atoms.